The van der Waals surface area contributed by atoms with Crippen LogP contribution >= 0.6 is 0 Å². The van der Waals surface area contributed by atoms with Crippen LogP contribution in [0.25, 0.3) is 11.0 Å². The van der Waals surface area contributed by atoms with Gasteiger partial charge in [-0.3, -0.25) is 9.69 Å². The van der Waals surface area contributed by atoms with Gasteiger partial charge in [-0.2, -0.15) is 0 Å². The summed E-state index contributed by atoms with van der Waals surface area (Å²) in [5.74, 6) is 0.734. The molecule has 1 atom stereocenters. The molecular formula is C16H21N3O2. The summed E-state index contributed by atoms with van der Waals surface area (Å²) in [6.45, 7) is 0.772. The molecule has 0 radical (unpaired) electrons. The fourth-order valence-electron chi connectivity index (χ4n) is 2.84. The van der Waals surface area contributed by atoms with Crippen LogP contribution in [0.3, 0.4) is 0 Å². The quantitative estimate of drug-likeness (QED) is 0.871. The average molecular weight is 287 g/mol. The number of ether oxygens (including phenoxy) is 1. The largest absolute Gasteiger partial charge is 0.378 e. The fraction of sp³-hybridized carbons (Fsp3) is 0.500. The number of benzene rings is 1. The van der Waals surface area contributed by atoms with E-state index in [-0.39, 0.29) is 12.0 Å². The first-order chi connectivity index (χ1) is 10.2. The smallest absolute Gasteiger partial charge is 0.231 e. The first kappa shape index (κ1) is 14.1. The molecule has 1 aromatic heterocycles. The molecule has 1 aromatic carbocycles. The van der Waals surface area contributed by atoms with E-state index in [1.54, 1.807) is 11.9 Å². The van der Waals surface area contributed by atoms with Crippen molar-refractivity contribution in [3.63, 3.8) is 0 Å². The topological polar surface area (TPSA) is 47.4 Å². The Bertz CT molecular complexity index is 644. The van der Waals surface area contributed by atoms with Gasteiger partial charge in [0.15, 0.2) is 0 Å². The third kappa shape index (κ3) is 2.78. The van der Waals surface area contributed by atoms with Crippen molar-refractivity contribution < 1.29 is 9.53 Å². The zero-order chi connectivity index (χ0) is 14.8. The maximum Gasteiger partial charge on any atom is 0.231 e. The van der Waals surface area contributed by atoms with Gasteiger partial charge in [-0.1, -0.05) is 12.1 Å². The highest BCUT2D eigenvalue weighted by Gasteiger charge is 2.23. The molecule has 1 unspecified atom stereocenters. The van der Waals surface area contributed by atoms with E-state index < -0.39 is 0 Å². The van der Waals surface area contributed by atoms with Crippen LogP contribution in [-0.2, 0) is 16.6 Å². The summed E-state index contributed by atoms with van der Waals surface area (Å²) in [6, 6.07) is 7.90. The molecule has 0 N–H and O–H groups in total. The lowest BCUT2D eigenvalue weighted by Gasteiger charge is -2.24. The van der Waals surface area contributed by atoms with Crippen molar-refractivity contribution in [3.05, 3.63) is 24.3 Å². The highest BCUT2D eigenvalue weighted by molar-refractivity contribution is 5.93. The lowest BCUT2D eigenvalue weighted by atomic mass is 10.1. The number of carbonyl (C=O) groups is 1. The SMILES string of the molecule is CN(C(=O)CC1CCCCO1)c1nc2ccccc2n1C. The number of anilines is 1. The van der Waals surface area contributed by atoms with Crippen molar-refractivity contribution in [1.82, 2.24) is 9.55 Å². The number of carbonyl (C=O) groups excluding carboxylic acids is 1. The molecule has 112 valence electrons. The number of amides is 1. The molecule has 2 aromatic rings. The summed E-state index contributed by atoms with van der Waals surface area (Å²) in [5.41, 5.74) is 1.93. The minimum atomic E-state index is 0.0558. The van der Waals surface area contributed by atoms with Crippen molar-refractivity contribution in [3.8, 4) is 0 Å². The molecule has 3 rings (SSSR count). The average Bonchev–Trinajstić information content (AvgIpc) is 2.85. The normalized spacial score (nSPS) is 18.9. The molecule has 1 fully saturated rings. The van der Waals surface area contributed by atoms with Crippen LogP contribution in [0.1, 0.15) is 25.7 Å². The van der Waals surface area contributed by atoms with Gasteiger partial charge < -0.3 is 9.30 Å². The van der Waals surface area contributed by atoms with Gasteiger partial charge in [0.1, 0.15) is 0 Å². The summed E-state index contributed by atoms with van der Waals surface area (Å²) in [5, 5.41) is 0. The van der Waals surface area contributed by atoms with Crippen LogP contribution in [0.5, 0.6) is 0 Å². The highest BCUT2D eigenvalue weighted by Crippen LogP contribution is 2.22. The summed E-state index contributed by atoms with van der Waals surface area (Å²) in [6.07, 6.45) is 3.71. The van der Waals surface area contributed by atoms with E-state index in [2.05, 4.69) is 4.98 Å². The van der Waals surface area contributed by atoms with Crippen molar-refractivity contribution in [2.45, 2.75) is 31.8 Å². The standard InChI is InChI=1S/C16H21N3O2/c1-18-14-9-4-3-8-13(14)17-16(18)19(2)15(20)11-12-7-5-6-10-21-12/h3-4,8-9,12H,5-7,10-11H2,1-2H3. The Morgan fingerprint density at radius 3 is 2.95 bits per heavy atom. The Morgan fingerprint density at radius 1 is 1.43 bits per heavy atom. The lowest BCUT2D eigenvalue weighted by molar-refractivity contribution is -0.122. The van der Waals surface area contributed by atoms with E-state index in [0.717, 1.165) is 36.9 Å². The van der Waals surface area contributed by atoms with Crippen molar-refractivity contribution >= 4 is 22.9 Å². The molecule has 21 heavy (non-hydrogen) atoms. The number of aromatic nitrogens is 2. The van der Waals surface area contributed by atoms with Crippen LogP contribution in [-0.4, -0.2) is 35.2 Å². The Kier molecular flexibility index (Phi) is 3.92. The Hall–Kier alpha value is -1.88. The molecule has 1 aliphatic heterocycles. The molecule has 0 spiro atoms. The van der Waals surface area contributed by atoms with Crippen LogP contribution in [0.2, 0.25) is 0 Å². The molecule has 0 bridgehead atoms. The third-order valence-electron chi connectivity index (χ3n) is 4.11. The van der Waals surface area contributed by atoms with Gasteiger partial charge in [0.05, 0.1) is 23.6 Å². The number of nitrogens with zero attached hydrogens (tertiary/aromatic N) is 3. The van der Waals surface area contributed by atoms with Crippen molar-refractivity contribution in [2.75, 3.05) is 18.6 Å². The van der Waals surface area contributed by atoms with Crippen LogP contribution in [0.15, 0.2) is 24.3 Å². The van der Waals surface area contributed by atoms with E-state index in [1.807, 2.05) is 35.9 Å². The van der Waals surface area contributed by atoms with E-state index in [4.69, 9.17) is 4.74 Å². The molecule has 1 saturated heterocycles. The number of imidazole rings is 1. The highest BCUT2D eigenvalue weighted by atomic mass is 16.5. The Labute approximate surface area is 124 Å². The third-order valence-corrected chi connectivity index (χ3v) is 4.11. The van der Waals surface area contributed by atoms with Gasteiger partial charge in [0.2, 0.25) is 11.9 Å². The second-order valence-electron chi connectivity index (χ2n) is 5.60. The Balaban J connectivity index is 1.77. The Morgan fingerprint density at radius 2 is 2.24 bits per heavy atom. The number of hydrogen-bond donors (Lipinski definition) is 0. The minimum absolute atomic E-state index is 0.0558. The maximum atomic E-state index is 12.4. The van der Waals surface area contributed by atoms with Gasteiger partial charge in [0, 0.05) is 20.7 Å². The maximum absolute atomic E-state index is 12.4. The zero-order valence-corrected chi connectivity index (χ0v) is 12.6. The molecule has 5 heteroatoms. The van der Waals surface area contributed by atoms with E-state index in [0.29, 0.717) is 12.4 Å². The van der Waals surface area contributed by atoms with Gasteiger partial charge in [-0.15, -0.1) is 0 Å². The minimum Gasteiger partial charge on any atom is -0.378 e. The summed E-state index contributed by atoms with van der Waals surface area (Å²) in [7, 11) is 3.72. The first-order valence-electron chi connectivity index (χ1n) is 7.46. The fourth-order valence-corrected chi connectivity index (χ4v) is 2.84. The van der Waals surface area contributed by atoms with E-state index in [9.17, 15) is 4.79 Å². The van der Waals surface area contributed by atoms with Gasteiger partial charge in [-0.25, -0.2) is 4.98 Å². The second-order valence-corrected chi connectivity index (χ2v) is 5.60. The number of fused-ring (bicyclic) bond motifs is 1. The number of rotatable bonds is 3. The predicted molar refractivity (Wildman–Crippen MR) is 82.3 cm³/mol. The first-order valence-corrected chi connectivity index (χ1v) is 7.46. The molecule has 5 nitrogen and oxygen atoms in total. The van der Waals surface area contributed by atoms with Gasteiger partial charge >= 0.3 is 0 Å². The lowest BCUT2D eigenvalue weighted by Crippen LogP contribution is -2.33. The summed E-state index contributed by atoms with van der Waals surface area (Å²) in [4.78, 5) is 18.6. The molecule has 2 heterocycles. The summed E-state index contributed by atoms with van der Waals surface area (Å²) >= 11 is 0. The second kappa shape index (κ2) is 5.85. The van der Waals surface area contributed by atoms with E-state index >= 15 is 0 Å². The number of hydrogen-bond acceptors (Lipinski definition) is 3. The summed E-state index contributed by atoms with van der Waals surface area (Å²) < 4.78 is 7.60. The van der Waals surface area contributed by atoms with Gasteiger partial charge in [-0.05, 0) is 31.4 Å². The predicted octanol–water partition coefficient (Wildman–Crippen LogP) is 2.50. The van der Waals surface area contributed by atoms with Crippen molar-refractivity contribution in [1.29, 1.82) is 0 Å². The van der Waals surface area contributed by atoms with Crippen molar-refractivity contribution in [2.24, 2.45) is 7.05 Å². The molecule has 1 amide bonds. The van der Waals surface area contributed by atoms with E-state index in [1.165, 1.54) is 0 Å². The molecule has 1 aliphatic rings. The number of para-hydroxylation sites is 2. The van der Waals surface area contributed by atoms with Crippen LogP contribution in [0.4, 0.5) is 5.95 Å². The zero-order valence-electron chi connectivity index (χ0n) is 12.6. The van der Waals surface area contributed by atoms with Gasteiger partial charge in [0.25, 0.3) is 0 Å². The molecule has 0 aliphatic carbocycles. The molecular weight excluding hydrogens is 266 g/mol. The van der Waals surface area contributed by atoms with Crippen LogP contribution < -0.4 is 4.90 Å². The monoisotopic (exact) mass is 287 g/mol. The number of aryl methyl sites for hydroxylation is 1. The van der Waals surface area contributed by atoms with Crippen LogP contribution in [0, 0.1) is 0 Å². The molecule has 0 saturated carbocycles.